The molecule has 0 saturated carbocycles. The number of nitrogens with one attached hydrogen (secondary N) is 1. The van der Waals surface area contributed by atoms with Gasteiger partial charge in [-0.2, -0.15) is 0 Å². The van der Waals surface area contributed by atoms with Gasteiger partial charge in [-0.1, -0.05) is 0 Å². The zero-order chi connectivity index (χ0) is 14.7. The van der Waals surface area contributed by atoms with Crippen LogP contribution in [0.4, 0.5) is 20.2 Å². The standard InChI is InChI=1S/C13H11F2N3O2/c1-8(9-4-10(14)7-16-6-9)17-13-5-11(18(19)20)2-3-12(13)15/h2-8,17H,1H3. The number of rotatable bonds is 4. The van der Waals surface area contributed by atoms with Crippen molar-refractivity contribution in [1.82, 2.24) is 4.98 Å². The van der Waals surface area contributed by atoms with E-state index in [-0.39, 0.29) is 11.4 Å². The molecule has 1 aromatic heterocycles. The van der Waals surface area contributed by atoms with Crippen LogP contribution in [-0.2, 0) is 0 Å². The highest BCUT2D eigenvalue weighted by Crippen LogP contribution is 2.25. The number of non-ortho nitro benzene ring substituents is 1. The first kappa shape index (κ1) is 13.9. The molecule has 0 aliphatic heterocycles. The summed E-state index contributed by atoms with van der Waals surface area (Å²) in [6.45, 7) is 1.68. The van der Waals surface area contributed by atoms with Gasteiger partial charge in [0.2, 0.25) is 0 Å². The van der Waals surface area contributed by atoms with Gasteiger partial charge in [0, 0.05) is 18.3 Å². The third-order valence-corrected chi connectivity index (χ3v) is 2.76. The van der Waals surface area contributed by atoms with Crippen LogP contribution in [0.15, 0.2) is 36.7 Å². The highest BCUT2D eigenvalue weighted by Gasteiger charge is 2.14. The molecule has 0 bridgehead atoms. The second-order valence-corrected chi connectivity index (χ2v) is 4.22. The summed E-state index contributed by atoms with van der Waals surface area (Å²) in [5.41, 5.74) is 0.269. The van der Waals surface area contributed by atoms with Gasteiger partial charge in [0.1, 0.15) is 11.6 Å². The monoisotopic (exact) mass is 279 g/mol. The maximum Gasteiger partial charge on any atom is 0.271 e. The van der Waals surface area contributed by atoms with Crippen LogP contribution in [-0.4, -0.2) is 9.91 Å². The summed E-state index contributed by atoms with van der Waals surface area (Å²) in [5.74, 6) is -1.12. The summed E-state index contributed by atoms with van der Waals surface area (Å²) in [4.78, 5) is 13.7. The Balaban J connectivity index is 2.25. The Morgan fingerprint density at radius 2 is 2.05 bits per heavy atom. The molecule has 0 fully saturated rings. The van der Waals surface area contributed by atoms with Gasteiger partial charge in [0.05, 0.1) is 22.8 Å². The number of benzene rings is 1. The van der Waals surface area contributed by atoms with Crippen LogP contribution in [0.1, 0.15) is 18.5 Å². The van der Waals surface area contributed by atoms with Crippen molar-refractivity contribution < 1.29 is 13.7 Å². The van der Waals surface area contributed by atoms with Gasteiger partial charge in [-0.3, -0.25) is 15.1 Å². The number of nitro benzene ring substituents is 1. The van der Waals surface area contributed by atoms with Crippen LogP contribution in [0.2, 0.25) is 0 Å². The van der Waals surface area contributed by atoms with E-state index in [4.69, 9.17) is 0 Å². The minimum atomic E-state index is -0.619. The number of hydrogen-bond donors (Lipinski definition) is 1. The van der Waals surface area contributed by atoms with Crippen molar-refractivity contribution in [2.75, 3.05) is 5.32 Å². The number of anilines is 1. The van der Waals surface area contributed by atoms with Crippen molar-refractivity contribution in [3.63, 3.8) is 0 Å². The molecule has 0 amide bonds. The Morgan fingerprint density at radius 1 is 1.30 bits per heavy atom. The maximum absolute atomic E-state index is 13.6. The van der Waals surface area contributed by atoms with Gasteiger partial charge in [-0.25, -0.2) is 8.78 Å². The largest absolute Gasteiger partial charge is 0.376 e. The molecule has 0 radical (unpaired) electrons. The van der Waals surface area contributed by atoms with Crippen LogP contribution in [0, 0.1) is 21.7 Å². The Labute approximate surface area is 113 Å². The molecule has 1 aromatic carbocycles. The summed E-state index contributed by atoms with van der Waals surface area (Å²) in [5, 5.41) is 13.4. The molecule has 7 heteroatoms. The summed E-state index contributed by atoms with van der Waals surface area (Å²) >= 11 is 0. The lowest BCUT2D eigenvalue weighted by Crippen LogP contribution is -2.09. The predicted octanol–water partition coefficient (Wildman–Crippen LogP) is 3.44. The van der Waals surface area contributed by atoms with E-state index in [2.05, 4.69) is 10.3 Å². The zero-order valence-corrected chi connectivity index (χ0v) is 10.5. The number of hydrogen-bond acceptors (Lipinski definition) is 4. The molecule has 2 rings (SSSR count). The Kier molecular flexibility index (Phi) is 3.88. The van der Waals surface area contributed by atoms with Gasteiger partial charge < -0.3 is 5.32 Å². The van der Waals surface area contributed by atoms with E-state index in [0.29, 0.717) is 5.56 Å². The second kappa shape index (κ2) is 5.60. The number of aromatic nitrogens is 1. The van der Waals surface area contributed by atoms with Gasteiger partial charge in [-0.05, 0) is 24.6 Å². The molecular formula is C13H11F2N3O2. The normalized spacial score (nSPS) is 11.9. The van der Waals surface area contributed by atoms with Crippen molar-refractivity contribution in [2.24, 2.45) is 0 Å². The Hall–Kier alpha value is -2.57. The third kappa shape index (κ3) is 3.05. The van der Waals surface area contributed by atoms with Crippen LogP contribution in [0.25, 0.3) is 0 Å². The van der Waals surface area contributed by atoms with Crippen LogP contribution in [0.5, 0.6) is 0 Å². The molecule has 1 unspecified atom stereocenters. The first-order chi connectivity index (χ1) is 9.47. The van der Waals surface area contributed by atoms with E-state index in [0.717, 1.165) is 24.4 Å². The highest BCUT2D eigenvalue weighted by atomic mass is 19.1. The van der Waals surface area contributed by atoms with Crippen LogP contribution < -0.4 is 5.32 Å². The summed E-state index contributed by atoms with van der Waals surface area (Å²) in [7, 11) is 0. The Morgan fingerprint density at radius 3 is 2.70 bits per heavy atom. The van der Waals surface area contributed by atoms with Crippen molar-refractivity contribution in [3.05, 3.63) is 64.0 Å². The molecule has 2 aromatic rings. The quantitative estimate of drug-likeness (QED) is 0.687. The summed E-state index contributed by atoms with van der Waals surface area (Å²) in [6, 6.07) is 4.00. The molecule has 0 aliphatic carbocycles. The first-order valence-corrected chi connectivity index (χ1v) is 5.78. The summed E-state index contributed by atoms with van der Waals surface area (Å²) in [6.07, 6.45) is 2.50. The summed E-state index contributed by atoms with van der Waals surface area (Å²) < 4.78 is 26.7. The van der Waals surface area contributed by atoms with Crippen molar-refractivity contribution >= 4 is 11.4 Å². The minimum absolute atomic E-state index is 0.0176. The molecule has 20 heavy (non-hydrogen) atoms. The lowest BCUT2D eigenvalue weighted by Gasteiger charge is -2.15. The second-order valence-electron chi connectivity index (χ2n) is 4.22. The molecule has 0 saturated heterocycles. The number of nitrogens with zero attached hydrogens (tertiary/aromatic N) is 2. The molecule has 104 valence electrons. The van der Waals surface area contributed by atoms with Crippen molar-refractivity contribution in [2.45, 2.75) is 13.0 Å². The van der Waals surface area contributed by atoms with Gasteiger partial charge in [0.15, 0.2) is 0 Å². The SMILES string of the molecule is CC(Nc1cc([N+](=O)[O-])ccc1F)c1cncc(F)c1. The maximum atomic E-state index is 13.6. The molecule has 1 N–H and O–H groups in total. The molecule has 0 spiro atoms. The lowest BCUT2D eigenvalue weighted by atomic mass is 10.1. The number of halogens is 2. The van der Waals surface area contributed by atoms with E-state index in [1.165, 1.54) is 12.3 Å². The smallest absolute Gasteiger partial charge is 0.271 e. The average Bonchev–Trinajstić information content (AvgIpc) is 2.41. The molecule has 5 nitrogen and oxygen atoms in total. The lowest BCUT2D eigenvalue weighted by molar-refractivity contribution is -0.384. The van der Waals surface area contributed by atoms with Crippen LogP contribution in [0.3, 0.4) is 0 Å². The van der Waals surface area contributed by atoms with E-state index < -0.39 is 22.6 Å². The van der Waals surface area contributed by atoms with Crippen molar-refractivity contribution in [1.29, 1.82) is 0 Å². The van der Waals surface area contributed by atoms with Crippen LogP contribution >= 0.6 is 0 Å². The zero-order valence-electron chi connectivity index (χ0n) is 10.5. The van der Waals surface area contributed by atoms with Gasteiger partial charge in [-0.15, -0.1) is 0 Å². The van der Waals surface area contributed by atoms with Gasteiger partial charge in [0.25, 0.3) is 5.69 Å². The van der Waals surface area contributed by atoms with E-state index in [1.54, 1.807) is 6.92 Å². The van der Waals surface area contributed by atoms with Crippen molar-refractivity contribution in [3.8, 4) is 0 Å². The Bertz CT molecular complexity index is 649. The molecule has 1 heterocycles. The average molecular weight is 279 g/mol. The molecule has 0 aliphatic rings. The fraction of sp³-hybridized carbons (Fsp3) is 0.154. The number of pyridine rings is 1. The highest BCUT2D eigenvalue weighted by molar-refractivity contribution is 5.53. The fourth-order valence-electron chi connectivity index (χ4n) is 1.72. The van der Waals surface area contributed by atoms with Gasteiger partial charge >= 0.3 is 0 Å². The predicted molar refractivity (Wildman–Crippen MR) is 69.3 cm³/mol. The molecular weight excluding hydrogens is 268 g/mol. The van der Waals surface area contributed by atoms with E-state index >= 15 is 0 Å². The number of nitro groups is 1. The van der Waals surface area contributed by atoms with E-state index in [1.807, 2.05) is 0 Å². The topological polar surface area (TPSA) is 68.1 Å². The third-order valence-electron chi connectivity index (χ3n) is 2.76. The fourth-order valence-corrected chi connectivity index (χ4v) is 1.72. The molecule has 1 atom stereocenters. The minimum Gasteiger partial charge on any atom is -0.376 e. The van der Waals surface area contributed by atoms with E-state index in [9.17, 15) is 18.9 Å². The first-order valence-electron chi connectivity index (χ1n) is 5.78.